The van der Waals surface area contributed by atoms with E-state index < -0.39 is 0 Å². The largest absolute Gasteiger partial charge is 0.496 e. The number of nitrogens with one attached hydrogen (secondary N) is 1. The maximum atomic E-state index is 5.60. The highest BCUT2D eigenvalue weighted by atomic mass is 16.5. The van der Waals surface area contributed by atoms with Crippen LogP contribution in [0.25, 0.3) is 0 Å². The van der Waals surface area contributed by atoms with Crippen LogP contribution in [0.4, 0.5) is 0 Å². The first-order valence-corrected chi connectivity index (χ1v) is 7.85. The van der Waals surface area contributed by atoms with Crippen LogP contribution < -0.4 is 10.1 Å². The molecule has 1 aromatic carbocycles. The minimum Gasteiger partial charge on any atom is -0.496 e. The van der Waals surface area contributed by atoms with Gasteiger partial charge in [0.2, 0.25) is 0 Å². The van der Waals surface area contributed by atoms with Crippen molar-refractivity contribution in [1.82, 2.24) is 10.2 Å². The lowest BCUT2D eigenvalue weighted by Gasteiger charge is -2.35. The number of nitrogens with zero attached hydrogens (tertiary/aromatic N) is 1. The third-order valence-corrected chi connectivity index (χ3v) is 4.36. The third-order valence-electron chi connectivity index (χ3n) is 4.36. The van der Waals surface area contributed by atoms with E-state index in [0.717, 1.165) is 38.2 Å². The zero-order chi connectivity index (χ0) is 14.5. The van der Waals surface area contributed by atoms with Crippen molar-refractivity contribution in [3.8, 4) is 5.75 Å². The fourth-order valence-electron chi connectivity index (χ4n) is 3.11. The van der Waals surface area contributed by atoms with Crippen LogP contribution in [0, 0.1) is 0 Å². The lowest BCUT2D eigenvalue weighted by atomic mass is 9.91. The smallest absolute Gasteiger partial charge is 0.123 e. The lowest BCUT2D eigenvalue weighted by molar-refractivity contribution is 0.209. The highest BCUT2D eigenvalue weighted by Crippen LogP contribution is 2.34. The van der Waals surface area contributed by atoms with Gasteiger partial charge in [0.1, 0.15) is 5.75 Å². The Morgan fingerprint density at radius 1 is 1.35 bits per heavy atom. The van der Waals surface area contributed by atoms with E-state index >= 15 is 0 Å². The summed E-state index contributed by atoms with van der Waals surface area (Å²) in [4.78, 5) is 2.52. The fraction of sp³-hybridized carbons (Fsp3) is 0.647. The van der Waals surface area contributed by atoms with E-state index in [1.807, 2.05) is 0 Å². The van der Waals surface area contributed by atoms with E-state index in [1.54, 1.807) is 7.11 Å². The molecule has 0 aliphatic carbocycles. The van der Waals surface area contributed by atoms with E-state index in [4.69, 9.17) is 4.74 Å². The second-order valence-electron chi connectivity index (χ2n) is 5.59. The SMILES string of the molecule is CCCNCc1cc2c(cc1OC)C(C)N(CC)CC2. The van der Waals surface area contributed by atoms with Crippen LogP contribution in [0.15, 0.2) is 12.1 Å². The highest BCUT2D eigenvalue weighted by molar-refractivity contribution is 5.45. The second kappa shape index (κ2) is 7.09. The minimum absolute atomic E-state index is 0.496. The van der Waals surface area contributed by atoms with E-state index in [9.17, 15) is 0 Å². The van der Waals surface area contributed by atoms with Crippen molar-refractivity contribution in [2.24, 2.45) is 0 Å². The summed E-state index contributed by atoms with van der Waals surface area (Å²) in [6.45, 7) is 11.0. The molecule has 0 radical (unpaired) electrons. The first-order valence-electron chi connectivity index (χ1n) is 7.85. The first kappa shape index (κ1) is 15.3. The standard InChI is InChI=1S/C17H28N2O/c1-5-8-18-12-15-10-14-7-9-19(6-2)13(3)16(14)11-17(15)20-4/h10-11,13,18H,5-9,12H2,1-4H3. The highest BCUT2D eigenvalue weighted by Gasteiger charge is 2.24. The molecule has 2 rings (SSSR count). The molecule has 112 valence electrons. The molecular weight excluding hydrogens is 248 g/mol. The molecule has 3 nitrogen and oxygen atoms in total. The first-order chi connectivity index (χ1) is 9.71. The van der Waals surface area contributed by atoms with Crippen molar-refractivity contribution in [1.29, 1.82) is 0 Å². The van der Waals surface area contributed by atoms with Crippen molar-refractivity contribution in [2.75, 3.05) is 26.7 Å². The van der Waals surface area contributed by atoms with Crippen molar-refractivity contribution in [3.05, 3.63) is 28.8 Å². The van der Waals surface area contributed by atoms with Crippen LogP contribution >= 0.6 is 0 Å². The number of likely N-dealkylation sites (N-methyl/N-ethyl adjacent to an activating group) is 1. The molecule has 0 aromatic heterocycles. The Hall–Kier alpha value is -1.06. The lowest BCUT2D eigenvalue weighted by Crippen LogP contribution is -2.33. The molecule has 1 aliphatic rings. The van der Waals surface area contributed by atoms with Crippen molar-refractivity contribution < 1.29 is 4.74 Å². The van der Waals surface area contributed by atoms with Crippen LogP contribution in [0.2, 0.25) is 0 Å². The quantitative estimate of drug-likeness (QED) is 0.808. The molecule has 0 spiro atoms. The van der Waals surface area contributed by atoms with Gasteiger partial charge in [0.15, 0.2) is 0 Å². The summed E-state index contributed by atoms with van der Waals surface area (Å²) in [5.74, 6) is 1.03. The molecule has 0 saturated heterocycles. The number of methoxy groups -OCH3 is 1. The van der Waals surface area contributed by atoms with Crippen molar-refractivity contribution in [2.45, 2.75) is 46.2 Å². The maximum Gasteiger partial charge on any atom is 0.123 e. The Morgan fingerprint density at radius 2 is 2.15 bits per heavy atom. The molecular formula is C17H28N2O. The van der Waals surface area contributed by atoms with E-state index in [1.165, 1.54) is 23.2 Å². The average Bonchev–Trinajstić information content (AvgIpc) is 2.47. The Labute approximate surface area is 123 Å². The topological polar surface area (TPSA) is 24.5 Å². The second-order valence-corrected chi connectivity index (χ2v) is 5.59. The molecule has 0 fully saturated rings. The van der Waals surface area contributed by atoms with Crippen LogP contribution in [0.1, 0.15) is 49.9 Å². The Balaban J connectivity index is 2.25. The summed E-state index contributed by atoms with van der Waals surface area (Å²) in [6, 6.07) is 5.10. The fourth-order valence-corrected chi connectivity index (χ4v) is 3.11. The van der Waals surface area contributed by atoms with Gasteiger partial charge < -0.3 is 10.1 Å². The summed E-state index contributed by atoms with van der Waals surface area (Å²) in [5, 5.41) is 3.47. The number of ether oxygens (including phenoxy) is 1. The van der Waals surface area contributed by atoms with Crippen LogP contribution in [-0.2, 0) is 13.0 Å². The molecule has 1 aromatic rings. The molecule has 1 heterocycles. The van der Waals surface area contributed by atoms with Gasteiger partial charge in [0.25, 0.3) is 0 Å². The molecule has 3 heteroatoms. The predicted molar refractivity (Wildman–Crippen MR) is 84.4 cm³/mol. The number of benzene rings is 1. The Morgan fingerprint density at radius 3 is 2.80 bits per heavy atom. The minimum atomic E-state index is 0.496. The molecule has 1 atom stereocenters. The normalized spacial score (nSPS) is 18.9. The molecule has 1 aliphatic heterocycles. The molecule has 1 N–H and O–H groups in total. The van der Waals surface area contributed by atoms with Gasteiger partial charge in [-0.25, -0.2) is 0 Å². The number of hydrogen-bond acceptors (Lipinski definition) is 3. The number of fused-ring (bicyclic) bond motifs is 1. The van der Waals surface area contributed by atoms with Gasteiger partial charge >= 0.3 is 0 Å². The molecule has 20 heavy (non-hydrogen) atoms. The molecule has 0 bridgehead atoms. The number of rotatable bonds is 6. The zero-order valence-corrected chi connectivity index (χ0v) is 13.3. The zero-order valence-electron chi connectivity index (χ0n) is 13.3. The van der Waals surface area contributed by atoms with Crippen LogP contribution in [0.3, 0.4) is 0 Å². The van der Waals surface area contributed by atoms with Gasteiger partial charge in [-0.2, -0.15) is 0 Å². The van der Waals surface area contributed by atoms with E-state index in [0.29, 0.717) is 6.04 Å². The van der Waals surface area contributed by atoms with Crippen LogP contribution in [0.5, 0.6) is 5.75 Å². The summed E-state index contributed by atoms with van der Waals surface area (Å²) >= 11 is 0. The summed E-state index contributed by atoms with van der Waals surface area (Å²) in [5.41, 5.74) is 4.22. The molecule has 0 amide bonds. The number of hydrogen-bond donors (Lipinski definition) is 1. The molecule has 0 saturated carbocycles. The average molecular weight is 276 g/mol. The maximum absolute atomic E-state index is 5.60. The van der Waals surface area contributed by atoms with Gasteiger partial charge in [-0.3, -0.25) is 4.90 Å². The predicted octanol–water partition coefficient (Wildman–Crippen LogP) is 3.13. The summed E-state index contributed by atoms with van der Waals surface area (Å²) < 4.78 is 5.60. The summed E-state index contributed by atoms with van der Waals surface area (Å²) in [7, 11) is 1.77. The van der Waals surface area contributed by atoms with Crippen molar-refractivity contribution >= 4 is 0 Å². The van der Waals surface area contributed by atoms with Gasteiger partial charge in [-0.1, -0.05) is 19.9 Å². The van der Waals surface area contributed by atoms with Crippen molar-refractivity contribution in [3.63, 3.8) is 0 Å². The summed E-state index contributed by atoms with van der Waals surface area (Å²) in [6.07, 6.45) is 2.31. The van der Waals surface area contributed by atoms with Gasteiger partial charge in [0.05, 0.1) is 7.11 Å². The van der Waals surface area contributed by atoms with Gasteiger partial charge in [-0.15, -0.1) is 0 Å². The van der Waals surface area contributed by atoms with Gasteiger partial charge in [-0.05, 0) is 50.0 Å². The Kier molecular flexibility index (Phi) is 5.44. The van der Waals surface area contributed by atoms with Crippen LogP contribution in [-0.4, -0.2) is 31.6 Å². The van der Waals surface area contributed by atoms with E-state index in [-0.39, 0.29) is 0 Å². The third kappa shape index (κ3) is 3.15. The van der Waals surface area contributed by atoms with E-state index in [2.05, 4.69) is 43.1 Å². The van der Waals surface area contributed by atoms with Gasteiger partial charge in [0, 0.05) is 24.7 Å². The Bertz CT molecular complexity index is 445. The molecule has 1 unspecified atom stereocenters. The monoisotopic (exact) mass is 276 g/mol.